The van der Waals surface area contributed by atoms with Gasteiger partial charge >= 0.3 is 0 Å². The van der Waals surface area contributed by atoms with E-state index in [4.69, 9.17) is 0 Å². The summed E-state index contributed by atoms with van der Waals surface area (Å²) in [6, 6.07) is 0.666. The molecule has 0 radical (unpaired) electrons. The van der Waals surface area contributed by atoms with Gasteiger partial charge in [-0.25, -0.2) is 0 Å². The van der Waals surface area contributed by atoms with Crippen LogP contribution in [-0.2, 0) is 0 Å². The zero-order valence-electron chi connectivity index (χ0n) is 10.7. The van der Waals surface area contributed by atoms with Crippen molar-refractivity contribution < 1.29 is 5.11 Å². The highest BCUT2D eigenvalue weighted by atomic mass is 16.3. The van der Waals surface area contributed by atoms with Crippen LogP contribution in [0.2, 0.25) is 0 Å². The molecule has 0 aromatic heterocycles. The fraction of sp³-hybridized carbons (Fsp3) is 1.00. The smallest absolute Gasteiger partial charge is 0.0623 e. The average Bonchev–Trinajstić information content (AvgIpc) is 3.01. The highest BCUT2D eigenvalue weighted by molar-refractivity contribution is 4.94. The molecule has 2 fully saturated rings. The molecule has 0 aromatic rings. The summed E-state index contributed by atoms with van der Waals surface area (Å²) in [5.74, 6) is 0.817. The van der Waals surface area contributed by atoms with Crippen molar-refractivity contribution in [3.63, 3.8) is 0 Å². The summed E-state index contributed by atoms with van der Waals surface area (Å²) >= 11 is 0. The number of nitrogens with zero attached hydrogens (tertiary/aromatic N) is 1. The molecule has 0 amide bonds. The molecule has 2 unspecified atom stereocenters. The molecule has 1 aliphatic heterocycles. The summed E-state index contributed by atoms with van der Waals surface area (Å²) in [7, 11) is 0. The second-order valence-electron chi connectivity index (χ2n) is 6.12. The Morgan fingerprint density at radius 3 is 2.69 bits per heavy atom. The third-order valence-corrected chi connectivity index (χ3v) is 3.79. The van der Waals surface area contributed by atoms with Crippen LogP contribution >= 0.6 is 0 Å². The van der Waals surface area contributed by atoms with Gasteiger partial charge in [0.05, 0.1) is 12.1 Å². The first-order valence-electron chi connectivity index (χ1n) is 6.72. The third kappa shape index (κ3) is 3.44. The number of aliphatic hydroxyl groups excluding tert-OH is 1. The lowest BCUT2D eigenvalue weighted by molar-refractivity contribution is 0.0933. The number of hydrogen-bond acceptors (Lipinski definition) is 3. The van der Waals surface area contributed by atoms with Gasteiger partial charge in [-0.2, -0.15) is 0 Å². The molecule has 1 heterocycles. The fourth-order valence-electron chi connectivity index (χ4n) is 2.79. The number of likely N-dealkylation sites (tertiary alicyclic amines) is 1. The van der Waals surface area contributed by atoms with Gasteiger partial charge in [-0.3, -0.25) is 0 Å². The maximum Gasteiger partial charge on any atom is 0.0623 e. The summed E-state index contributed by atoms with van der Waals surface area (Å²) < 4.78 is 0. The van der Waals surface area contributed by atoms with E-state index in [0.717, 1.165) is 12.5 Å². The van der Waals surface area contributed by atoms with Crippen LogP contribution in [0.15, 0.2) is 0 Å². The molecule has 0 spiro atoms. The van der Waals surface area contributed by atoms with E-state index < -0.39 is 0 Å². The second kappa shape index (κ2) is 5.03. The van der Waals surface area contributed by atoms with Crippen molar-refractivity contribution in [3.8, 4) is 0 Å². The minimum Gasteiger partial charge on any atom is -0.394 e. The van der Waals surface area contributed by atoms with E-state index in [1.165, 1.54) is 38.8 Å². The van der Waals surface area contributed by atoms with Crippen LogP contribution in [0.4, 0.5) is 0 Å². The van der Waals surface area contributed by atoms with Gasteiger partial charge in [0.1, 0.15) is 0 Å². The van der Waals surface area contributed by atoms with E-state index in [2.05, 4.69) is 24.1 Å². The molecule has 0 aromatic carbocycles. The predicted octanol–water partition coefficient (Wildman–Crippen LogP) is 1.22. The first-order chi connectivity index (χ1) is 7.61. The van der Waals surface area contributed by atoms with E-state index in [0.29, 0.717) is 6.04 Å². The molecule has 1 saturated carbocycles. The van der Waals surface area contributed by atoms with Gasteiger partial charge in [0.25, 0.3) is 0 Å². The van der Waals surface area contributed by atoms with Crippen LogP contribution in [0.25, 0.3) is 0 Å². The zero-order chi connectivity index (χ0) is 11.6. The Kier molecular flexibility index (Phi) is 3.88. The Morgan fingerprint density at radius 1 is 1.38 bits per heavy atom. The van der Waals surface area contributed by atoms with Gasteiger partial charge in [0.15, 0.2) is 0 Å². The molecule has 3 nitrogen and oxygen atoms in total. The summed E-state index contributed by atoms with van der Waals surface area (Å²) in [6.07, 6.45) is 5.24. The van der Waals surface area contributed by atoms with Crippen LogP contribution in [0.5, 0.6) is 0 Å². The van der Waals surface area contributed by atoms with E-state index >= 15 is 0 Å². The topological polar surface area (TPSA) is 35.5 Å². The summed E-state index contributed by atoms with van der Waals surface area (Å²) in [4.78, 5) is 2.51. The number of nitrogens with one attached hydrogen (secondary N) is 1. The maximum absolute atomic E-state index is 9.57. The summed E-state index contributed by atoms with van der Waals surface area (Å²) in [5.41, 5.74) is -0.0990. The quantitative estimate of drug-likeness (QED) is 0.740. The number of hydrogen-bond donors (Lipinski definition) is 2. The van der Waals surface area contributed by atoms with Crippen LogP contribution in [0, 0.1) is 5.92 Å². The van der Waals surface area contributed by atoms with Gasteiger partial charge in [-0.05, 0) is 45.1 Å². The number of rotatable bonds is 5. The van der Waals surface area contributed by atoms with Gasteiger partial charge < -0.3 is 15.3 Å². The molecule has 16 heavy (non-hydrogen) atoms. The monoisotopic (exact) mass is 226 g/mol. The first kappa shape index (κ1) is 12.3. The van der Waals surface area contributed by atoms with Crippen molar-refractivity contribution in [1.29, 1.82) is 0 Å². The molecule has 1 saturated heterocycles. The fourth-order valence-corrected chi connectivity index (χ4v) is 2.79. The van der Waals surface area contributed by atoms with Crippen molar-refractivity contribution in [2.24, 2.45) is 5.92 Å². The molecule has 0 bridgehead atoms. The van der Waals surface area contributed by atoms with Crippen molar-refractivity contribution in [3.05, 3.63) is 0 Å². The molecular weight excluding hydrogens is 200 g/mol. The van der Waals surface area contributed by atoms with Crippen molar-refractivity contribution in [1.82, 2.24) is 10.2 Å². The van der Waals surface area contributed by atoms with E-state index in [-0.39, 0.29) is 12.1 Å². The Balaban J connectivity index is 1.83. The molecule has 2 N–H and O–H groups in total. The lowest BCUT2D eigenvalue weighted by Crippen LogP contribution is -2.56. The maximum atomic E-state index is 9.57. The zero-order valence-corrected chi connectivity index (χ0v) is 10.7. The lowest BCUT2D eigenvalue weighted by Gasteiger charge is -2.38. The Morgan fingerprint density at radius 2 is 2.12 bits per heavy atom. The van der Waals surface area contributed by atoms with Crippen LogP contribution in [-0.4, -0.2) is 47.8 Å². The standard InChI is InChI=1S/C13H26N2O/c1-11-4-3-7-15(8-11)9-13(2,10-16)14-12-5-6-12/h11-12,14,16H,3-10H2,1-2H3. The summed E-state index contributed by atoms with van der Waals surface area (Å²) in [5, 5.41) is 13.2. The predicted molar refractivity (Wildman–Crippen MR) is 66.5 cm³/mol. The third-order valence-electron chi connectivity index (χ3n) is 3.79. The largest absolute Gasteiger partial charge is 0.394 e. The molecular formula is C13H26N2O. The van der Waals surface area contributed by atoms with E-state index in [1.54, 1.807) is 0 Å². The summed E-state index contributed by atoms with van der Waals surface area (Å²) in [6.45, 7) is 8.12. The SMILES string of the molecule is CC1CCCN(CC(C)(CO)NC2CC2)C1. The lowest BCUT2D eigenvalue weighted by atomic mass is 9.96. The highest BCUT2D eigenvalue weighted by Crippen LogP contribution is 2.24. The van der Waals surface area contributed by atoms with Crippen molar-refractivity contribution in [2.75, 3.05) is 26.2 Å². The molecule has 2 aliphatic rings. The molecule has 2 rings (SSSR count). The van der Waals surface area contributed by atoms with Crippen LogP contribution in [0.3, 0.4) is 0 Å². The van der Waals surface area contributed by atoms with E-state index in [9.17, 15) is 5.11 Å². The van der Waals surface area contributed by atoms with Crippen molar-refractivity contribution in [2.45, 2.75) is 51.1 Å². The average molecular weight is 226 g/mol. The van der Waals surface area contributed by atoms with Gasteiger partial charge in [0.2, 0.25) is 0 Å². The van der Waals surface area contributed by atoms with E-state index in [1.807, 2.05) is 0 Å². The number of piperidine rings is 1. The molecule has 2 atom stereocenters. The van der Waals surface area contributed by atoms with Crippen LogP contribution < -0.4 is 5.32 Å². The van der Waals surface area contributed by atoms with Gasteiger partial charge in [-0.15, -0.1) is 0 Å². The van der Waals surface area contributed by atoms with Gasteiger partial charge in [0, 0.05) is 19.1 Å². The van der Waals surface area contributed by atoms with Crippen LogP contribution in [0.1, 0.15) is 39.5 Å². The molecule has 1 aliphatic carbocycles. The Bertz CT molecular complexity index is 230. The number of aliphatic hydroxyl groups is 1. The highest BCUT2D eigenvalue weighted by Gasteiger charge is 2.34. The Labute approximate surface area is 99.2 Å². The van der Waals surface area contributed by atoms with Crippen molar-refractivity contribution >= 4 is 0 Å². The second-order valence-corrected chi connectivity index (χ2v) is 6.12. The molecule has 3 heteroatoms. The first-order valence-corrected chi connectivity index (χ1v) is 6.72. The minimum absolute atomic E-state index is 0.0990. The minimum atomic E-state index is -0.0990. The Hall–Kier alpha value is -0.120. The normalized spacial score (nSPS) is 31.3. The van der Waals surface area contributed by atoms with Gasteiger partial charge in [-0.1, -0.05) is 6.92 Å². The molecule has 94 valence electrons.